The van der Waals surface area contributed by atoms with Crippen LogP contribution in [0.5, 0.6) is 0 Å². The summed E-state index contributed by atoms with van der Waals surface area (Å²) in [5.74, 6) is -0.259. The van der Waals surface area contributed by atoms with Gasteiger partial charge in [-0.05, 0) is 24.8 Å². The Morgan fingerprint density at radius 2 is 1.94 bits per heavy atom. The Balaban J connectivity index is 3.92. The van der Waals surface area contributed by atoms with E-state index < -0.39 is 18.6 Å². The lowest BCUT2D eigenvalue weighted by molar-refractivity contribution is -0.139. The number of carbonyl (C=O) groups is 1. The molecular formula is C10H19F3N2O. The van der Waals surface area contributed by atoms with Crippen LogP contribution in [0.4, 0.5) is 13.2 Å². The fraction of sp³-hybridized carbons (Fsp3) is 0.900. The van der Waals surface area contributed by atoms with Crippen molar-refractivity contribution >= 4 is 5.91 Å². The number of nitrogens with two attached hydrogens (primary N) is 1. The molecule has 1 unspecified atom stereocenters. The molecule has 0 radical (unpaired) electrons. The summed E-state index contributed by atoms with van der Waals surface area (Å²) in [6.07, 6.45) is -3.55. The van der Waals surface area contributed by atoms with E-state index >= 15 is 0 Å². The van der Waals surface area contributed by atoms with Crippen LogP contribution < -0.4 is 11.1 Å². The molecule has 16 heavy (non-hydrogen) atoms. The molecule has 0 aliphatic rings. The second-order valence-electron chi connectivity index (χ2n) is 4.33. The zero-order valence-electron chi connectivity index (χ0n) is 9.60. The molecule has 0 aromatic carbocycles. The Kier molecular flexibility index (Phi) is 6.40. The zero-order valence-corrected chi connectivity index (χ0v) is 9.60. The fourth-order valence-electron chi connectivity index (χ4n) is 1.46. The maximum atomic E-state index is 11.8. The van der Waals surface area contributed by atoms with Crippen molar-refractivity contribution in [2.45, 2.75) is 32.9 Å². The lowest BCUT2D eigenvalue weighted by Crippen LogP contribution is -2.35. The van der Waals surface area contributed by atoms with E-state index in [-0.39, 0.29) is 12.3 Å². The highest BCUT2D eigenvalue weighted by Crippen LogP contribution is 2.15. The second kappa shape index (κ2) is 6.73. The number of rotatable bonds is 6. The molecule has 0 aliphatic carbocycles. The average molecular weight is 240 g/mol. The van der Waals surface area contributed by atoms with E-state index in [1.54, 1.807) is 0 Å². The summed E-state index contributed by atoms with van der Waals surface area (Å²) in [6.45, 7) is 3.01. The predicted octanol–water partition coefficient (Wildman–Crippen LogP) is 1.68. The number of halogens is 3. The SMILES string of the molecule is CC(C)CC(CN)CC(=O)NCC(F)(F)F. The molecular weight excluding hydrogens is 221 g/mol. The Hall–Kier alpha value is -0.780. The monoisotopic (exact) mass is 240 g/mol. The number of hydrogen-bond donors (Lipinski definition) is 2. The van der Waals surface area contributed by atoms with Crippen molar-refractivity contribution in [3.8, 4) is 0 Å². The Morgan fingerprint density at radius 3 is 2.31 bits per heavy atom. The van der Waals surface area contributed by atoms with Crippen LogP contribution in [0.1, 0.15) is 26.7 Å². The highest BCUT2D eigenvalue weighted by molar-refractivity contribution is 5.76. The molecule has 3 N–H and O–H groups in total. The minimum Gasteiger partial charge on any atom is -0.347 e. The van der Waals surface area contributed by atoms with Gasteiger partial charge in [-0.25, -0.2) is 0 Å². The quantitative estimate of drug-likeness (QED) is 0.742. The van der Waals surface area contributed by atoms with E-state index in [4.69, 9.17) is 5.73 Å². The van der Waals surface area contributed by atoms with Crippen LogP contribution >= 0.6 is 0 Å². The summed E-state index contributed by atoms with van der Waals surface area (Å²) < 4.78 is 35.4. The molecule has 6 heteroatoms. The van der Waals surface area contributed by atoms with Crippen LogP contribution in [-0.2, 0) is 4.79 Å². The first-order valence-corrected chi connectivity index (χ1v) is 5.28. The highest BCUT2D eigenvalue weighted by Gasteiger charge is 2.28. The maximum absolute atomic E-state index is 11.8. The van der Waals surface area contributed by atoms with Gasteiger partial charge in [-0.1, -0.05) is 13.8 Å². The average Bonchev–Trinajstić information content (AvgIpc) is 2.12. The number of carbonyl (C=O) groups excluding carboxylic acids is 1. The lowest BCUT2D eigenvalue weighted by atomic mass is 9.94. The van der Waals surface area contributed by atoms with Crippen molar-refractivity contribution in [2.75, 3.05) is 13.1 Å². The van der Waals surface area contributed by atoms with Gasteiger partial charge in [0.15, 0.2) is 0 Å². The molecule has 3 nitrogen and oxygen atoms in total. The predicted molar refractivity (Wildman–Crippen MR) is 55.7 cm³/mol. The number of alkyl halides is 3. The summed E-state index contributed by atoms with van der Waals surface area (Å²) in [5, 5.41) is 1.84. The van der Waals surface area contributed by atoms with Crippen molar-refractivity contribution in [2.24, 2.45) is 17.6 Å². The topological polar surface area (TPSA) is 55.1 Å². The standard InChI is InChI=1S/C10H19F3N2O/c1-7(2)3-8(5-14)4-9(16)15-6-10(11,12)13/h7-8H,3-6,14H2,1-2H3,(H,15,16). The molecule has 0 fully saturated rings. The summed E-state index contributed by atoms with van der Waals surface area (Å²) in [5.41, 5.74) is 5.45. The molecule has 0 spiro atoms. The molecule has 0 rings (SSSR count). The van der Waals surface area contributed by atoms with E-state index in [1.807, 2.05) is 19.2 Å². The van der Waals surface area contributed by atoms with Crippen LogP contribution in [0.2, 0.25) is 0 Å². The number of hydrogen-bond acceptors (Lipinski definition) is 2. The van der Waals surface area contributed by atoms with Crippen LogP contribution in [0.25, 0.3) is 0 Å². The van der Waals surface area contributed by atoms with Gasteiger partial charge in [0.1, 0.15) is 6.54 Å². The molecule has 1 amide bonds. The largest absolute Gasteiger partial charge is 0.405 e. The van der Waals surface area contributed by atoms with E-state index in [2.05, 4.69) is 0 Å². The molecule has 0 saturated carbocycles. The van der Waals surface area contributed by atoms with Crippen LogP contribution in [0.15, 0.2) is 0 Å². The van der Waals surface area contributed by atoms with Gasteiger partial charge in [-0.3, -0.25) is 4.79 Å². The van der Waals surface area contributed by atoms with E-state index in [9.17, 15) is 18.0 Å². The summed E-state index contributed by atoms with van der Waals surface area (Å²) in [4.78, 5) is 11.2. The fourth-order valence-corrected chi connectivity index (χ4v) is 1.46. The molecule has 0 aromatic heterocycles. The van der Waals surface area contributed by atoms with Gasteiger partial charge in [0, 0.05) is 6.42 Å². The molecule has 0 heterocycles. The number of nitrogens with one attached hydrogen (secondary N) is 1. The molecule has 96 valence electrons. The molecule has 0 aliphatic heterocycles. The van der Waals surface area contributed by atoms with Crippen molar-refractivity contribution in [3.63, 3.8) is 0 Å². The first-order valence-electron chi connectivity index (χ1n) is 5.28. The van der Waals surface area contributed by atoms with Crippen molar-refractivity contribution in [1.29, 1.82) is 0 Å². The minimum atomic E-state index is -4.36. The van der Waals surface area contributed by atoms with Crippen LogP contribution in [-0.4, -0.2) is 25.2 Å². The summed E-state index contributed by atoms with van der Waals surface area (Å²) >= 11 is 0. The van der Waals surface area contributed by atoms with Crippen molar-refractivity contribution in [3.05, 3.63) is 0 Å². The van der Waals surface area contributed by atoms with Gasteiger partial charge in [-0.15, -0.1) is 0 Å². The van der Waals surface area contributed by atoms with Gasteiger partial charge in [0.25, 0.3) is 0 Å². The lowest BCUT2D eigenvalue weighted by Gasteiger charge is -2.16. The molecule has 0 saturated heterocycles. The van der Waals surface area contributed by atoms with Gasteiger partial charge in [0.05, 0.1) is 0 Å². The highest BCUT2D eigenvalue weighted by atomic mass is 19.4. The van der Waals surface area contributed by atoms with Crippen LogP contribution in [0.3, 0.4) is 0 Å². The van der Waals surface area contributed by atoms with E-state index in [1.165, 1.54) is 0 Å². The van der Waals surface area contributed by atoms with E-state index in [0.717, 1.165) is 6.42 Å². The third-order valence-electron chi connectivity index (χ3n) is 2.10. The summed E-state index contributed by atoms with van der Waals surface area (Å²) in [7, 11) is 0. The van der Waals surface area contributed by atoms with E-state index in [0.29, 0.717) is 12.5 Å². The normalized spacial score (nSPS) is 13.9. The summed E-state index contributed by atoms with van der Waals surface area (Å²) in [6, 6.07) is 0. The molecule has 0 aromatic rings. The Morgan fingerprint density at radius 1 is 1.38 bits per heavy atom. The van der Waals surface area contributed by atoms with Gasteiger partial charge in [0.2, 0.25) is 5.91 Å². The van der Waals surface area contributed by atoms with Gasteiger partial charge >= 0.3 is 6.18 Å². The molecule has 1 atom stereocenters. The molecule has 0 bridgehead atoms. The maximum Gasteiger partial charge on any atom is 0.405 e. The zero-order chi connectivity index (χ0) is 12.8. The third kappa shape index (κ3) is 8.52. The smallest absolute Gasteiger partial charge is 0.347 e. The first-order chi connectivity index (χ1) is 7.24. The minimum absolute atomic E-state index is 0.0479. The van der Waals surface area contributed by atoms with Gasteiger partial charge in [-0.2, -0.15) is 13.2 Å². The first kappa shape index (κ1) is 15.2. The van der Waals surface area contributed by atoms with Gasteiger partial charge < -0.3 is 11.1 Å². The van der Waals surface area contributed by atoms with Crippen LogP contribution in [0, 0.1) is 11.8 Å². The third-order valence-corrected chi connectivity index (χ3v) is 2.10. The Bertz CT molecular complexity index is 217. The second-order valence-corrected chi connectivity index (χ2v) is 4.33. The van der Waals surface area contributed by atoms with Crippen molar-refractivity contribution < 1.29 is 18.0 Å². The van der Waals surface area contributed by atoms with Crippen molar-refractivity contribution in [1.82, 2.24) is 5.32 Å². The number of amides is 1. The Labute approximate surface area is 93.6 Å².